The van der Waals surface area contributed by atoms with E-state index in [4.69, 9.17) is 10.7 Å². The molecule has 20 heavy (non-hydrogen) atoms. The van der Waals surface area contributed by atoms with Crippen LogP contribution in [0.4, 0.5) is 0 Å². The van der Waals surface area contributed by atoms with Gasteiger partial charge in [-0.1, -0.05) is 45.9 Å². The van der Waals surface area contributed by atoms with Crippen LogP contribution in [-0.4, -0.2) is 4.98 Å². The number of rotatable bonds is 2. The predicted octanol–water partition coefficient (Wildman–Crippen LogP) is 4.29. The van der Waals surface area contributed by atoms with E-state index in [1.807, 2.05) is 0 Å². The van der Waals surface area contributed by atoms with E-state index in [9.17, 15) is 0 Å². The van der Waals surface area contributed by atoms with Gasteiger partial charge in [-0.15, -0.1) is 0 Å². The van der Waals surface area contributed by atoms with Crippen LogP contribution in [0.5, 0.6) is 0 Å². The van der Waals surface area contributed by atoms with Crippen LogP contribution in [0, 0.1) is 0 Å². The van der Waals surface area contributed by atoms with Crippen LogP contribution in [0.3, 0.4) is 0 Å². The summed E-state index contributed by atoms with van der Waals surface area (Å²) >= 11 is 0. The fraction of sp³-hybridized carbons (Fsp3) is 0.500. The number of nitrogens with two attached hydrogens (primary N) is 1. The van der Waals surface area contributed by atoms with Crippen LogP contribution in [0.2, 0.25) is 0 Å². The molecule has 1 heterocycles. The van der Waals surface area contributed by atoms with Gasteiger partial charge in [-0.3, -0.25) is 4.98 Å². The first-order valence-electron chi connectivity index (χ1n) is 7.37. The van der Waals surface area contributed by atoms with Crippen LogP contribution in [0.15, 0.2) is 24.3 Å². The number of nitrogens with zero attached hydrogens (tertiary/aromatic N) is 1. The highest BCUT2D eigenvalue weighted by Gasteiger charge is 2.24. The van der Waals surface area contributed by atoms with E-state index in [0.29, 0.717) is 0 Å². The normalized spacial score (nSPS) is 12.9. The Morgan fingerprint density at radius 1 is 1.10 bits per heavy atom. The van der Waals surface area contributed by atoms with E-state index in [2.05, 4.69) is 65.8 Å². The van der Waals surface area contributed by atoms with E-state index < -0.39 is 0 Å². The third kappa shape index (κ3) is 2.71. The van der Waals surface area contributed by atoms with Crippen molar-refractivity contribution in [3.8, 4) is 0 Å². The van der Waals surface area contributed by atoms with Crippen LogP contribution >= 0.6 is 0 Å². The number of hydrogen-bond acceptors (Lipinski definition) is 2. The molecule has 2 N–H and O–H groups in total. The van der Waals surface area contributed by atoms with Gasteiger partial charge in [0.2, 0.25) is 0 Å². The fourth-order valence-corrected chi connectivity index (χ4v) is 2.51. The summed E-state index contributed by atoms with van der Waals surface area (Å²) in [5.41, 5.74) is 10.7. The molecule has 0 saturated carbocycles. The van der Waals surface area contributed by atoms with Gasteiger partial charge in [-0.05, 0) is 37.5 Å². The van der Waals surface area contributed by atoms with Gasteiger partial charge in [-0.2, -0.15) is 0 Å². The zero-order valence-corrected chi connectivity index (χ0v) is 13.5. The molecule has 1 aromatic heterocycles. The Morgan fingerprint density at radius 3 is 2.25 bits per heavy atom. The molecular weight excluding hydrogens is 244 g/mol. The van der Waals surface area contributed by atoms with Gasteiger partial charge in [-0.25, -0.2) is 0 Å². The third-order valence-corrected chi connectivity index (χ3v) is 3.77. The Balaban J connectivity index is 2.89. The summed E-state index contributed by atoms with van der Waals surface area (Å²) in [6.45, 7) is 12.9. The molecule has 0 atom stereocenters. The lowest BCUT2D eigenvalue weighted by atomic mass is 9.85. The molecule has 0 aliphatic carbocycles. The Bertz CT molecular complexity index is 628. The summed E-state index contributed by atoms with van der Waals surface area (Å²) in [4.78, 5) is 4.94. The summed E-state index contributed by atoms with van der Waals surface area (Å²) in [5.74, 6) is 0. The molecule has 2 rings (SSSR count). The summed E-state index contributed by atoms with van der Waals surface area (Å²) in [6.07, 6.45) is 0.988. The largest absolute Gasteiger partial charge is 0.322 e. The number of aryl methyl sites for hydroxylation is 1. The molecule has 0 aliphatic heterocycles. The molecule has 0 radical (unpaired) electrons. The summed E-state index contributed by atoms with van der Waals surface area (Å²) in [5, 5.41) is 1.19. The first kappa shape index (κ1) is 15.0. The van der Waals surface area contributed by atoms with Gasteiger partial charge >= 0.3 is 0 Å². The van der Waals surface area contributed by atoms with Crippen molar-refractivity contribution >= 4 is 10.9 Å². The predicted molar refractivity (Wildman–Crippen MR) is 87.0 cm³/mol. The molecule has 2 nitrogen and oxygen atoms in total. The minimum absolute atomic E-state index is 0.0229. The molecule has 0 amide bonds. The fourth-order valence-electron chi connectivity index (χ4n) is 2.51. The summed E-state index contributed by atoms with van der Waals surface area (Å²) in [6, 6.07) is 8.59. The van der Waals surface area contributed by atoms with E-state index in [1.54, 1.807) is 0 Å². The molecule has 0 aliphatic rings. The van der Waals surface area contributed by atoms with Crippen molar-refractivity contribution in [2.75, 3.05) is 0 Å². The average Bonchev–Trinajstić information content (AvgIpc) is 2.34. The molecule has 2 aromatic rings. The molecule has 1 aromatic carbocycles. The van der Waals surface area contributed by atoms with Gasteiger partial charge in [0.15, 0.2) is 0 Å². The second-order valence-corrected chi connectivity index (χ2v) is 7.19. The molecule has 2 heteroatoms. The summed E-state index contributed by atoms with van der Waals surface area (Å²) < 4.78 is 0. The first-order valence-corrected chi connectivity index (χ1v) is 7.37. The van der Waals surface area contributed by atoms with Crippen LogP contribution < -0.4 is 5.73 Å². The van der Waals surface area contributed by atoms with Crippen molar-refractivity contribution in [1.82, 2.24) is 4.98 Å². The maximum absolute atomic E-state index is 6.40. The number of benzene rings is 1. The molecule has 0 bridgehead atoms. The van der Waals surface area contributed by atoms with Crippen molar-refractivity contribution in [1.29, 1.82) is 0 Å². The molecule has 0 spiro atoms. The molecule has 0 saturated heterocycles. The number of aromatic nitrogens is 1. The molecular formula is C18H26N2. The number of fused-ring (bicyclic) bond motifs is 1. The Hall–Kier alpha value is -1.41. The maximum atomic E-state index is 6.40. The first-order chi connectivity index (χ1) is 9.14. The zero-order valence-electron chi connectivity index (χ0n) is 13.5. The highest BCUT2D eigenvalue weighted by Crippen LogP contribution is 2.32. The van der Waals surface area contributed by atoms with Gasteiger partial charge in [0.05, 0.1) is 5.52 Å². The van der Waals surface area contributed by atoms with Crippen molar-refractivity contribution in [2.24, 2.45) is 5.73 Å². The van der Waals surface area contributed by atoms with Crippen molar-refractivity contribution < 1.29 is 0 Å². The van der Waals surface area contributed by atoms with E-state index in [-0.39, 0.29) is 11.0 Å². The van der Waals surface area contributed by atoms with Gasteiger partial charge < -0.3 is 5.73 Å². The van der Waals surface area contributed by atoms with Gasteiger partial charge in [0, 0.05) is 22.0 Å². The quantitative estimate of drug-likeness (QED) is 0.884. The van der Waals surface area contributed by atoms with E-state index >= 15 is 0 Å². The van der Waals surface area contributed by atoms with Crippen molar-refractivity contribution in [3.05, 3.63) is 41.1 Å². The van der Waals surface area contributed by atoms with Gasteiger partial charge in [0.1, 0.15) is 0 Å². The Labute approximate surface area is 122 Å². The molecule has 108 valence electrons. The lowest BCUT2D eigenvalue weighted by Crippen LogP contribution is -2.30. The highest BCUT2D eigenvalue weighted by molar-refractivity contribution is 5.86. The van der Waals surface area contributed by atoms with Crippen LogP contribution in [0.25, 0.3) is 10.9 Å². The van der Waals surface area contributed by atoms with E-state index in [0.717, 1.165) is 17.6 Å². The minimum atomic E-state index is -0.368. The zero-order chi connectivity index (χ0) is 15.1. The smallest absolute Gasteiger partial charge is 0.0740 e. The van der Waals surface area contributed by atoms with Gasteiger partial charge in [0.25, 0.3) is 0 Å². The second kappa shape index (κ2) is 4.85. The summed E-state index contributed by atoms with van der Waals surface area (Å²) in [7, 11) is 0. The van der Waals surface area contributed by atoms with Crippen molar-refractivity contribution in [2.45, 2.75) is 58.9 Å². The number of pyridine rings is 1. The molecule has 0 fully saturated rings. The SMILES string of the molecule is CCc1cccc2c(C(C)(C)N)cc(C(C)(C)C)nc12. The lowest BCUT2D eigenvalue weighted by molar-refractivity contribution is 0.542. The van der Waals surface area contributed by atoms with Crippen molar-refractivity contribution in [3.63, 3.8) is 0 Å². The second-order valence-electron chi connectivity index (χ2n) is 7.19. The molecule has 0 unspecified atom stereocenters. The standard InChI is InChI=1S/C18H26N2/c1-7-12-9-8-10-13-14(18(5,6)19)11-15(17(2,3)4)20-16(12)13/h8-11H,7,19H2,1-6H3. The Kier molecular flexibility index (Phi) is 3.64. The highest BCUT2D eigenvalue weighted by atomic mass is 14.8. The Morgan fingerprint density at radius 2 is 1.75 bits per heavy atom. The van der Waals surface area contributed by atoms with Crippen LogP contribution in [-0.2, 0) is 17.4 Å². The monoisotopic (exact) mass is 270 g/mol. The average molecular weight is 270 g/mol. The number of para-hydroxylation sites is 1. The number of hydrogen-bond donors (Lipinski definition) is 1. The van der Waals surface area contributed by atoms with E-state index in [1.165, 1.54) is 16.5 Å². The topological polar surface area (TPSA) is 38.9 Å². The third-order valence-electron chi connectivity index (χ3n) is 3.77. The maximum Gasteiger partial charge on any atom is 0.0740 e. The minimum Gasteiger partial charge on any atom is -0.322 e. The van der Waals surface area contributed by atoms with Crippen LogP contribution in [0.1, 0.15) is 58.4 Å². The lowest BCUT2D eigenvalue weighted by Gasteiger charge is -2.26.